The Labute approximate surface area is 156 Å². The molecule has 0 saturated heterocycles. The van der Waals surface area contributed by atoms with Crippen molar-refractivity contribution in [3.8, 4) is 0 Å². The molecule has 7 heteroatoms. The van der Waals surface area contributed by atoms with Gasteiger partial charge in [-0.3, -0.25) is 20.6 Å². The first kappa shape index (κ1) is 16.8. The number of aryl methyl sites for hydroxylation is 2. The molecule has 4 rings (SSSR count). The van der Waals surface area contributed by atoms with Crippen molar-refractivity contribution < 1.29 is 14.5 Å². The number of hydrazine groups is 1. The molecule has 27 heavy (non-hydrogen) atoms. The molecule has 0 saturated carbocycles. The van der Waals surface area contributed by atoms with E-state index in [-0.39, 0.29) is 24.0 Å². The molecule has 7 nitrogen and oxygen atoms in total. The maximum Gasteiger partial charge on any atom is 0.296 e. The Morgan fingerprint density at radius 2 is 1.81 bits per heavy atom. The second-order valence-corrected chi connectivity index (χ2v) is 6.49. The molecule has 0 radical (unpaired) electrons. The second-order valence-electron chi connectivity index (χ2n) is 6.49. The van der Waals surface area contributed by atoms with Crippen molar-refractivity contribution >= 4 is 28.3 Å². The van der Waals surface area contributed by atoms with E-state index < -0.39 is 0 Å². The fraction of sp³-hybridized carbons (Fsp3) is 0.150. The van der Waals surface area contributed by atoms with E-state index in [9.17, 15) is 9.90 Å². The summed E-state index contributed by atoms with van der Waals surface area (Å²) in [6.45, 7) is 0.0499. The predicted octanol–water partition coefficient (Wildman–Crippen LogP) is 1.91. The number of benzene rings is 2. The lowest BCUT2D eigenvalue weighted by atomic mass is 10.2. The summed E-state index contributed by atoms with van der Waals surface area (Å²) >= 11 is 0. The van der Waals surface area contributed by atoms with E-state index in [4.69, 9.17) is 5.41 Å². The number of amidine groups is 1. The van der Waals surface area contributed by atoms with Crippen LogP contribution in [0.4, 0.5) is 0 Å². The summed E-state index contributed by atoms with van der Waals surface area (Å²) in [5, 5.41) is 20.4. The molecule has 136 valence electrons. The van der Waals surface area contributed by atoms with E-state index in [0.717, 1.165) is 11.0 Å². The predicted molar refractivity (Wildman–Crippen MR) is 102 cm³/mol. The topological polar surface area (TPSA) is 85.2 Å². The zero-order valence-corrected chi connectivity index (χ0v) is 15.1. The average Bonchev–Trinajstić information content (AvgIpc) is 3.09. The minimum absolute atomic E-state index is 0.0499. The molecule has 0 spiro atoms. The lowest BCUT2D eigenvalue weighted by Crippen LogP contribution is -2.44. The van der Waals surface area contributed by atoms with Gasteiger partial charge in [-0.15, -0.1) is 0 Å². The van der Waals surface area contributed by atoms with Crippen LogP contribution in [0.2, 0.25) is 0 Å². The number of amides is 1. The Bertz CT molecular complexity index is 1060. The molecule has 3 aromatic rings. The van der Waals surface area contributed by atoms with Crippen molar-refractivity contribution in [3.63, 3.8) is 0 Å². The fourth-order valence-corrected chi connectivity index (χ4v) is 3.51. The molecule has 2 heterocycles. The maximum absolute atomic E-state index is 12.4. The number of aromatic nitrogens is 2. The van der Waals surface area contributed by atoms with Crippen molar-refractivity contribution in [1.29, 1.82) is 5.41 Å². The van der Waals surface area contributed by atoms with E-state index in [2.05, 4.69) is 5.43 Å². The van der Waals surface area contributed by atoms with Gasteiger partial charge in [-0.2, -0.15) is 0 Å². The summed E-state index contributed by atoms with van der Waals surface area (Å²) in [5.74, 6) is 0.485. The third-order valence-electron chi connectivity index (χ3n) is 4.84. The molecule has 0 fully saturated rings. The van der Waals surface area contributed by atoms with Gasteiger partial charge < -0.3 is 5.11 Å². The molecule has 1 aromatic heterocycles. The maximum atomic E-state index is 12.4. The van der Waals surface area contributed by atoms with Crippen LogP contribution in [-0.4, -0.2) is 33.0 Å². The summed E-state index contributed by atoms with van der Waals surface area (Å²) in [7, 11) is 3.80. The number of fused-ring (bicyclic) bond motifs is 1. The van der Waals surface area contributed by atoms with Gasteiger partial charge in [-0.25, -0.2) is 9.13 Å². The molecule has 2 aromatic carbocycles. The zero-order valence-electron chi connectivity index (χ0n) is 15.1. The third-order valence-corrected chi connectivity index (χ3v) is 4.84. The number of aliphatic hydroxyl groups excluding tert-OH is 1. The first-order chi connectivity index (χ1) is 13.0. The van der Waals surface area contributed by atoms with Crippen molar-refractivity contribution in [2.24, 2.45) is 14.1 Å². The van der Waals surface area contributed by atoms with Crippen LogP contribution in [0.15, 0.2) is 60.4 Å². The first-order valence-corrected chi connectivity index (χ1v) is 8.57. The highest BCUT2D eigenvalue weighted by molar-refractivity contribution is 6.23. The molecular weight excluding hydrogens is 342 g/mol. The van der Waals surface area contributed by atoms with E-state index in [1.165, 1.54) is 5.01 Å². The number of nitrogens with zero attached hydrogens (tertiary/aromatic N) is 3. The van der Waals surface area contributed by atoms with Crippen molar-refractivity contribution in [3.05, 3.63) is 71.7 Å². The highest BCUT2D eigenvalue weighted by Gasteiger charge is 2.37. The van der Waals surface area contributed by atoms with Crippen molar-refractivity contribution in [2.75, 3.05) is 6.54 Å². The first-order valence-electron chi connectivity index (χ1n) is 8.57. The van der Waals surface area contributed by atoms with Crippen molar-refractivity contribution in [2.45, 2.75) is 0 Å². The van der Waals surface area contributed by atoms with Gasteiger partial charge in [-0.05, 0) is 24.3 Å². The van der Waals surface area contributed by atoms with Crippen LogP contribution in [0, 0.1) is 5.41 Å². The zero-order chi connectivity index (χ0) is 19.1. The lowest BCUT2D eigenvalue weighted by molar-refractivity contribution is -0.648. The SMILES string of the molecule is Cn1c(C2=C(O)CN(NC(=O)c3ccccc3)C2=N)[n+](C)c2ccccc21. The second kappa shape index (κ2) is 6.28. The Kier molecular flexibility index (Phi) is 3.92. The minimum Gasteiger partial charge on any atom is -0.509 e. The number of hydrogen-bond acceptors (Lipinski definition) is 3. The van der Waals surface area contributed by atoms with Gasteiger partial charge in [0.05, 0.1) is 20.6 Å². The summed E-state index contributed by atoms with van der Waals surface area (Å²) in [6, 6.07) is 16.7. The smallest absolute Gasteiger partial charge is 0.296 e. The summed E-state index contributed by atoms with van der Waals surface area (Å²) in [4.78, 5) is 12.4. The summed E-state index contributed by atoms with van der Waals surface area (Å²) in [5.41, 5.74) is 5.59. The monoisotopic (exact) mass is 362 g/mol. The number of rotatable bonds is 3. The quantitative estimate of drug-likeness (QED) is 0.622. The number of carbonyl (C=O) groups is 1. The van der Waals surface area contributed by atoms with Crippen molar-refractivity contribution in [1.82, 2.24) is 15.0 Å². The van der Waals surface area contributed by atoms with Gasteiger partial charge in [0.1, 0.15) is 11.3 Å². The van der Waals surface area contributed by atoms with Crippen LogP contribution >= 0.6 is 0 Å². The third kappa shape index (κ3) is 2.64. The van der Waals surface area contributed by atoms with Crippen LogP contribution in [0.25, 0.3) is 16.6 Å². The van der Waals surface area contributed by atoms with Crippen LogP contribution in [0.3, 0.4) is 0 Å². The molecule has 1 aliphatic heterocycles. The van der Waals surface area contributed by atoms with Gasteiger partial charge in [0.25, 0.3) is 11.7 Å². The highest BCUT2D eigenvalue weighted by atomic mass is 16.3. The molecule has 1 aliphatic rings. The number of nitrogens with one attached hydrogen (secondary N) is 2. The van der Waals surface area contributed by atoms with E-state index in [0.29, 0.717) is 17.0 Å². The van der Waals surface area contributed by atoms with Gasteiger partial charge in [0, 0.05) is 5.56 Å². The number of aliphatic hydroxyl groups is 1. The standard InChI is InChI=1S/C20H19N5O2/c1-23-14-10-6-7-11-15(14)24(2)20(23)17-16(26)12-25(18(17)21)22-19(27)13-8-4-3-5-9-13/h3-11,21H,12H2,1-2H3,(H,22,27)/p+1. The van der Waals surface area contributed by atoms with Gasteiger partial charge in [0.15, 0.2) is 16.9 Å². The fourth-order valence-electron chi connectivity index (χ4n) is 3.51. The van der Waals surface area contributed by atoms with E-state index >= 15 is 0 Å². The van der Waals surface area contributed by atoms with Crippen LogP contribution in [0.1, 0.15) is 16.2 Å². The number of carbonyl (C=O) groups excluding carboxylic acids is 1. The van der Waals surface area contributed by atoms with E-state index in [1.54, 1.807) is 24.3 Å². The summed E-state index contributed by atoms with van der Waals surface area (Å²) < 4.78 is 3.88. The molecule has 0 atom stereocenters. The largest absolute Gasteiger partial charge is 0.509 e. The molecule has 3 N–H and O–H groups in total. The van der Waals surface area contributed by atoms with Crippen LogP contribution in [-0.2, 0) is 14.1 Å². The molecular formula is C20H20N5O2+. The Morgan fingerprint density at radius 3 is 2.52 bits per heavy atom. The molecule has 0 unspecified atom stereocenters. The van der Waals surface area contributed by atoms with Gasteiger partial charge in [-0.1, -0.05) is 30.3 Å². The molecule has 1 amide bonds. The van der Waals surface area contributed by atoms with Gasteiger partial charge >= 0.3 is 0 Å². The average molecular weight is 362 g/mol. The molecule has 0 bridgehead atoms. The Morgan fingerprint density at radius 1 is 1.15 bits per heavy atom. The highest BCUT2D eigenvalue weighted by Crippen LogP contribution is 2.26. The normalized spacial score (nSPS) is 14.3. The molecule has 0 aliphatic carbocycles. The number of imidazole rings is 1. The lowest BCUT2D eigenvalue weighted by Gasteiger charge is -2.19. The van der Waals surface area contributed by atoms with E-state index in [1.807, 2.05) is 53.6 Å². The van der Waals surface area contributed by atoms with Crippen LogP contribution < -0.4 is 9.99 Å². The number of hydrogen-bond donors (Lipinski definition) is 3. The van der Waals surface area contributed by atoms with Crippen LogP contribution in [0.5, 0.6) is 0 Å². The summed E-state index contributed by atoms with van der Waals surface area (Å²) in [6.07, 6.45) is 0. The number of para-hydroxylation sites is 2. The minimum atomic E-state index is -0.323. The Hall–Kier alpha value is -3.61. The van der Waals surface area contributed by atoms with Gasteiger partial charge in [0.2, 0.25) is 0 Å². The Balaban J connectivity index is 1.67.